The molecule has 0 unspecified atom stereocenters. The molecule has 2 aromatic rings. The van der Waals surface area contributed by atoms with Crippen molar-refractivity contribution in [1.82, 2.24) is 15.3 Å². The van der Waals surface area contributed by atoms with Crippen LogP contribution in [0, 0.1) is 5.92 Å². The van der Waals surface area contributed by atoms with E-state index >= 15 is 0 Å². The quantitative estimate of drug-likeness (QED) is 0.903. The number of amides is 1. The second-order valence-corrected chi connectivity index (χ2v) is 6.63. The van der Waals surface area contributed by atoms with E-state index in [1.807, 2.05) is 6.07 Å². The number of carbonyl (C=O) groups excluding carboxylic acids is 1. The Balaban J connectivity index is 1.58. The maximum Gasteiger partial charge on any atom is 0.225 e. The number of halogens is 2. The third kappa shape index (κ3) is 4.16. The molecule has 0 spiro atoms. The summed E-state index contributed by atoms with van der Waals surface area (Å²) < 4.78 is 0. The van der Waals surface area contributed by atoms with Crippen molar-refractivity contribution in [3.8, 4) is 0 Å². The molecule has 0 saturated carbocycles. The van der Waals surface area contributed by atoms with Crippen LogP contribution in [0.5, 0.6) is 0 Å². The highest BCUT2D eigenvalue weighted by Gasteiger charge is 2.26. The van der Waals surface area contributed by atoms with Crippen LogP contribution in [0.3, 0.4) is 0 Å². The highest BCUT2D eigenvalue weighted by Crippen LogP contribution is 2.22. The molecule has 1 fully saturated rings. The third-order valence-electron chi connectivity index (χ3n) is 4.10. The molecule has 1 amide bonds. The van der Waals surface area contributed by atoms with Gasteiger partial charge >= 0.3 is 0 Å². The minimum Gasteiger partial charge on any atom is -0.352 e. The normalized spacial score (nSPS) is 17.6. The van der Waals surface area contributed by atoms with Crippen LogP contribution >= 0.6 is 23.2 Å². The smallest absolute Gasteiger partial charge is 0.225 e. The number of nitrogens with one attached hydrogen (secondary N) is 1. The van der Waals surface area contributed by atoms with Gasteiger partial charge in [-0.15, -0.1) is 0 Å². The molecule has 126 valence electrons. The van der Waals surface area contributed by atoms with Gasteiger partial charge in [-0.1, -0.05) is 29.3 Å². The van der Waals surface area contributed by atoms with Gasteiger partial charge < -0.3 is 10.2 Å². The lowest BCUT2D eigenvalue weighted by molar-refractivity contribution is -0.125. The number of anilines is 1. The molecule has 0 bridgehead atoms. The molecule has 5 nitrogen and oxygen atoms in total. The zero-order chi connectivity index (χ0) is 16.9. The number of rotatable bonds is 4. The fourth-order valence-electron chi connectivity index (χ4n) is 2.82. The van der Waals surface area contributed by atoms with Gasteiger partial charge in [0, 0.05) is 42.1 Å². The van der Waals surface area contributed by atoms with E-state index in [-0.39, 0.29) is 11.8 Å². The predicted octanol–water partition coefficient (Wildman–Crippen LogP) is 3.32. The molecule has 24 heavy (non-hydrogen) atoms. The van der Waals surface area contributed by atoms with Crippen molar-refractivity contribution in [3.05, 3.63) is 52.3 Å². The fourth-order valence-corrected chi connectivity index (χ4v) is 3.29. The van der Waals surface area contributed by atoms with Crippen LogP contribution in [-0.2, 0) is 11.3 Å². The van der Waals surface area contributed by atoms with Crippen molar-refractivity contribution < 1.29 is 4.79 Å². The Kier molecular flexibility index (Phi) is 5.53. The Labute approximate surface area is 151 Å². The Bertz CT molecular complexity index is 711. The zero-order valence-corrected chi connectivity index (χ0v) is 14.6. The van der Waals surface area contributed by atoms with Gasteiger partial charge in [0.2, 0.25) is 11.9 Å². The summed E-state index contributed by atoms with van der Waals surface area (Å²) >= 11 is 12.0. The summed E-state index contributed by atoms with van der Waals surface area (Å²) in [5.74, 6) is 0.631. The fraction of sp³-hybridized carbons (Fsp3) is 0.353. The Morgan fingerprint density at radius 3 is 2.83 bits per heavy atom. The first kappa shape index (κ1) is 17.0. The van der Waals surface area contributed by atoms with E-state index in [0.29, 0.717) is 29.1 Å². The zero-order valence-electron chi connectivity index (χ0n) is 13.1. The van der Waals surface area contributed by atoms with Crippen LogP contribution in [0.2, 0.25) is 10.0 Å². The number of aromatic nitrogens is 2. The molecule has 1 aliphatic heterocycles. The lowest BCUT2D eigenvalue weighted by atomic mass is 9.97. The molecule has 2 heterocycles. The van der Waals surface area contributed by atoms with E-state index in [1.165, 1.54) is 0 Å². The largest absolute Gasteiger partial charge is 0.352 e. The molecule has 1 atom stereocenters. The van der Waals surface area contributed by atoms with Crippen molar-refractivity contribution >= 4 is 35.1 Å². The summed E-state index contributed by atoms with van der Waals surface area (Å²) in [5.41, 5.74) is 0.855. The Morgan fingerprint density at radius 2 is 2.08 bits per heavy atom. The number of hydrogen-bond donors (Lipinski definition) is 1. The second kappa shape index (κ2) is 7.81. The molecule has 1 aromatic carbocycles. The van der Waals surface area contributed by atoms with Gasteiger partial charge in [-0.3, -0.25) is 4.79 Å². The Hall–Kier alpha value is -1.85. The number of nitrogens with zero attached hydrogens (tertiary/aromatic N) is 3. The monoisotopic (exact) mass is 364 g/mol. The number of piperidine rings is 1. The molecular formula is C17H18Cl2N4O. The van der Waals surface area contributed by atoms with Gasteiger partial charge in [-0.2, -0.15) is 0 Å². The predicted molar refractivity (Wildman–Crippen MR) is 95.3 cm³/mol. The van der Waals surface area contributed by atoms with E-state index in [4.69, 9.17) is 23.2 Å². The van der Waals surface area contributed by atoms with Crippen molar-refractivity contribution in [3.63, 3.8) is 0 Å². The van der Waals surface area contributed by atoms with Crippen molar-refractivity contribution in [2.75, 3.05) is 18.0 Å². The maximum absolute atomic E-state index is 12.5. The standard InChI is InChI=1S/C17H18Cl2N4O/c18-14-5-4-12(15(19)9-14)10-22-16(24)13-3-1-8-23(11-13)17-20-6-2-7-21-17/h2,4-7,9,13H,1,3,8,10-11H2,(H,22,24)/t13-/m1/s1. The molecule has 0 radical (unpaired) electrons. The average Bonchev–Trinajstić information content (AvgIpc) is 2.61. The maximum atomic E-state index is 12.5. The van der Waals surface area contributed by atoms with Crippen LogP contribution in [0.15, 0.2) is 36.7 Å². The first-order valence-electron chi connectivity index (χ1n) is 7.87. The number of benzene rings is 1. The molecule has 1 aromatic heterocycles. The molecule has 1 N–H and O–H groups in total. The van der Waals surface area contributed by atoms with Crippen LogP contribution in [-0.4, -0.2) is 29.0 Å². The van der Waals surface area contributed by atoms with Crippen LogP contribution < -0.4 is 10.2 Å². The van der Waals surface area contributed by atoms with Gasteiger partial charge in [0.05, 0.1) is 5.92 Å². The minimum atomic E-state index is -0.0753. The van der Waals surface area contributed by atoms with Crippen molar-refractivity contribution in [1.29, 1.82) is 0 Å². The third-order valence-corrected chi connectivity index (χ3v) is 4.68. The highest BCUT2D eigenvalue weighted by atomic mass is 35.5. The van der Waals surface area contributed by atoms with E-state index in [0.717, 1.165) is 24.9 Å². The summed E-state index contributed by atoms with van der Waals surface area (Å²) in [6, 6.07) is 7.06. The molecular weight excluding hydrogens is 347 g/mol. The van der Waals surface area contributed by atoms with Crippen molar-refractivity contribution in [2.45, 2.75) is 19.4 Å². The molecule has 1 saturated heterocycles. The van der Waals surface area contributed by atoms with Gasteiger partial charge in [0.25, 0.3) is 0 Å². The number of carbonyl (C=O) groups is 1. The summed E-state index contributed by atoms with van der Waals surface area (Å²) in [6.07, 6.45) is 5.24. The first-order valence-corrected chi connectivity index (χ1v) is 8.62. The van der Waals surface area contributed by atoms with E-state index < -0.39 is 0 Å². The van der Waals surface area contributed by atoms with Crippen molar-refractivity contribution in [2.24, 2.45) is 5.92 Å². The summed E-state index contributed by atoms with van der Waals surface area (Å²) in [7, 11) is 0. The van der Waals surface area contributed by atoms with Crippen LogP contribution in [0.25, 0.3) is 0 Å². The van der Waals surface area contributed by atoms with Crippen LogP contribution in [0.1, 0.15) is 18.4 Å². The second-order valence-electron chi connectivity index (χ2n) is 5.79. The summed E-state index contributed by atoms with van der Waals surface area (Å²) in [5, 5.41) is 4.11. The highest BCUT2D eigenvalue weighted by molar-refractivity contribution is 6.35. The first-order chi connectivity index (χ1) is 11.6. The average molecular weight is 365 g/mol. The molecule has 7 heteroatoms. The SMILES string of the molecule is O=C(NCc1ccc(Cl)cc1Cl)[C@@H]1CCCN(c2ncccn2)C1. The lowest BCUT2D eigenvalue weighted by Gasteiger charge is -2.31. The van der Waals surface area contributed by atoms with Gasteiger partial charge in [-0.05, 0) is 36.6 Å². The Morgan fingerprint density at radius 1 is 1.29 bits per heavy atom. The summed E-state index contributed by atoms with van der Waals surface area (Å²) in [6.45, 7) is 1.90. The lowest BCUT2D eigenvalue weighted by Crippen LogP contribution is -2.43. The minimum absolute atomic E-state index is 0.0293. The van der Waals surface area contributed by atoms with E-state index in [9.17, 15) is 4.79 Å². The van der Waals surface area contributed by atoms with E-state index in [1.54, 1.807) is 30.6 Å². The van der Waals surface area contributed by atoms with Gasteiger partial charge in [0.1, 0.15) is 0 Å². The topological polar surface area (TPSA) is 58.1 Å². The van der Waals surface area contributed by atoms with Gasteiger partial charge in [0.15, 0.2) is 0 Å². The molecule has 1 aliphatic rings. The number of hydrogen-bond acceptors (Lipinski definition) is 4. The molecule has 0 aliphatic carbocycles. The van der Waals surface area contributed by atoms with Gasteiger partial charge in [-0.25, -0.2) is 9.97 Å². The molecule has 3 rings (SSSR count). The summed E-state index contributed by atoms with van der Waals surface area (Å²) in [4.78, 5) is 23.1. The van der Waals surface area contributed by atoms with Crippen LogP contribution in [0.4, 0.5) is 5.95 Å². The van der Waals surface area contributed by atoms with E-state index in [2.05, 4.69) is 20.2 Å².